The van der Waals surface area contributed by atoms with Crippen molar-refractivity contribution in [3.05, 3.63) is 111 Å². The number of hydrogen-bond donors (Lipinski definition) is 2. The normalized spacial score (nSPS) is 15.5. The van der Waals surface area contributed by atoms with Gasteiger partial charge in [0.25, 0.3) is 10.9 Å². The van der Waals surface area contributed by atoms with Gasteiger partial charge in [0.2, 0.25) is 0 Å². The number of fused-ring (bicyclic) bond motifs is 1. The van der Waals surface area contributed by atoms with Crippen LogP contribution in [0.25, 0.3) is 39.5 Å². The Labute approximate surface area is 253 Å². The zero-order chi connectivity index (χ0) is 30.2. The molecule has 3 aromatic heterocycles. The van der Waals surface area contributed by atoms with E-state index in [4.69, 9.17) is 20.4 Å². The van der Waals surface area contributed by atoms with Crippen LogP contribution in [-0.2, 0) is 6.54 Å². The molecule has 1 saturated heterocycles. The Bertz CT molecular complexity index is 2030. The lowest BCUT2D eigenvalue weighted by Crippen LogP contribution is -2.45. The average molecular weight is 586 g/mol. The number of piperidine rings is 1. The summed E-state index contributed by atoms with van der Waals surface area (Å²) in [5, 5.41) is 3.25. The number of rotatable bonds is 8. The first-order valence-electron chi connectivity index (χ1n) is 14.6. The summed E-state index contributed by atoms with van der Waals surface area (Å²) in [6, 6.07) is 26.3. The van der Waals surface area contributed by atoms with Gasteiger partial charge in [-0.15, -0.1) is 0 Å². The predicted molar refractivity (Wildman–Crippen MR) is 172 cm³/mol. The number of methoxy groups -OCH3 is 1. The van der Waals surface area contributed by atoms with Gasteiger partial charge in [-0.2, -0.15) is 0 Å². The number of benzene rings is 2. The van der Waals surface area contributed by atoms with Crippen molar-refractivity contribution < 1.29 is 4.74 Å². The monoisotopic (exact) mass is 585 g/mol. The zero-order valence-corrected chi connectivity index (χ0v) is 24.2. The highest BCUT2D eigenvalue weighted by atomic mass is 16.5. The van der Waals surface area contributed by atoms with Gasteiger partial charge in [0.15, 0.2) is 17.2 Å². The Morgan fingerprint density at radius 1 is 0.955 bits per heavy atom. The number of likely N-dealkylation sites (tertiary alicyclic amines) is 1. The molecule has 1 fully saturated rings. The highest BCUT2D eigenvalue weighted by Gasteiger charge is 2.27. The van der Waals surface area contributed by atoms with Crippen molar-refractivity contribution in [2.45, 2.75) is 25.4 Å². The Hall–Kier alpha value is -5.35. The summed E-state index contributed by atoms with van der Waals surface area (Å²) >= 11 is 0. The molecule has 0 amide bonds. The molecule has 3 N–H and O–H groups in total. The summed E-state index contributed by atoms with van der Waals surface area (Å²) in [6.45, 7) is 2.46. The van der Waals surface area contributed by atoms with Crippen LogP contribution >= 0.6 is 0 Å². The number of pyridine rings is 2. The molecule has 0 saturated carbocycles. The Morgan fingerprint density at radius 3 is 2.55 bits per heavy atom. The van der Waals surface area contributed by atoms with Crippen LogP contribution < -0.4 is 26.6 Å². The van der Waals surface area contributed by atoms with E-state index in [9.17, 15) is 9.59 Å². The summed E-state index contributed by atoms with van der Waals surface area (Å²) in [4.78, 5) is 40.4. The third-order valence-electron chi connectivity index (χ3n) is 8.18. The van der Waals surface area contributed by atoms with Crippen molar-refractivity contribution in [3.63, 3.8) is 0 Å². The number of imidazole rings is 1. The van der Waals surface area contributed by atoms with Gasteiger partial charge in [-0.1, -0.05) is 42.5 Å². The minimum atomic E-state index is -0.561. The molecule has 44 heavy (non-hydrogen) atoms. The molecule has 0 bridgehead atoms. The molecule has 220 valence electrons. The molecule has 1 aliphatic heterocycles. The van der Waals surface area contributed by atoms with Crippen LogP contribution in [-0.4, -0.2) is 50.7 Å². The van der Waals surface area contributed by atoms with Gasteiger partial charge < -0.3 is 15.8 Å². The van der Waals surface area contributed by atoms with Crippen LogP contribution in [0.15, 0.2) is 94.6 Å². The van der Waals surface area contributed by atoms with Crippen molar-refractivity contribution in [3.8, 4) is 34.1 Å². The summed E-state index contributed by atoms with van der Waals surface area (Å²) in [7, 11) is 1.41. The van der Waals surface area contributed by atoms with E-state index in [1.807, 2.05) is 59.2 Å². The number of ether oxygens (including phenoxy) is 1. The van der Waals surface area contributed by atoms with Crippen LogP contribution in [0, 0.1) is 0 Å². The van der Waals surface area contributed by atoms with Gasteiger partial charge in [-0.25, -0.2) is 15.0 Å². The first kappa shape index (κ1) is 27.5. The van der Waals surface area contributed by atoms with Crippen LogP contribution in [0.3, 0.4) is 0 Å². The molecule has 3 aromatic carbocycles. The van der Waals surface area contributed by atoms with E-state index in [1.54, 1.807) is 6.20 Å². The third kappa shape index (κ3) is 4.99. The lowest BCUT2D eigenvalue weighted by Gasteiger charge is -2.34. The number of nitrogens with one attached hydrogen (secondary N) is 1. The van der Waals surface area contributed by atoms with Gasteiger partial charge in [0, 0.05) is 36.6 Å². The van der Waals surface area contributed by atoms with Gasteiger partial charge in [0.05, 0.1) is 18.4 Å². The Morgan fingerprint density at radius 2 is 1.77 bits per heavy atom. The lowest BCUT2D eigenvalue weighted by molar-refractivity contribution is 0.208. The SMILES string of the molecule is COc1c(NC2CCCN(Cc3ccc(-n4c(-c5cccnc5N)nc5ccc(-c6ccccc6)nc54)cc3)C2)c(=O)c1=O. The van der Waals surface area contributed by atoms with E-state index in [0.717, 1.165) is 71.7 Å². The van der Waals surface area contributed by atoms with Gasteiger partial charge in [-0.3, -0.25) is 19.1 Å². The van der Waals surface area contributed by atoms with Crippen molar-refractivity contribution in [2.24, 2.45) is 0 Å². The molecule has 7 rings (SSSR count). The first-order valence-corrected chi connectivity index (χ1v) is 14.6. The standard InChI is InChI=1S/C34H31N7O3/c1-44-31-28(29(42)30(31)43)37-23-9-6-18-40(20-23)19-21-11-13-24(14-12-21)41-33(25-10-5-17-36-32(25)35)39-27-16-15-26(38-34(27)41)22-7-3-2-4-8-22/h2-5,7-8,10-17,23,37H,6,9,18-20H2,1H3,(H2,35,36). The molecular weight excluding hydrogens is 554 g/mol. The van der Waals surface area contributed by atoms with E-state index >= 15 is 0 Å². The van der Waals surface area contributed by atoms with E-state index in [0.29, 0.717) is 17.3 Å². The van der Waals surface area contributed by atoms with Crippen molar-refractivity contribution >= 4 is 22.7 Å². The number of nitrogen functional groups attached to an aromatic ring is 1. The Balaban J connectivity index is 1.18. The maximum absolute atomic E-state index is 12.0. The molecule has 0 spiro atoms. The highest BCUT2D eigenvalue weighted by molar-refractivity contribution is 5.84. The molecule has 1 aliphatic rings. The smallest absolute Gasteiger partial charge is 0.271 e. The van der Waals surface area contributed by atoms with Crippen molar-refractivity contribution in [1.82, 2.24) is 24.4 Å². The van der Waals surface area contributed by atoms with Crippen molar-refractivity contribution in [1.29, 1.82) is 0 Å². The Kier molecular flexibility index (Phi) is 7.11. The van der Waals surface area contributed by atoms with Gasteiger partial charge in [0.1, 0.15) is 17.0 Å². The average Bonchev–Trinajstić information content (AvgIpc) is 3.44. The number of nitrogens with zero attached hydrogens (tertiary/aromatic N) is 5. The van der Waals surface area contributed by atoms with E-state index in [2.05, 4.69) is 39.5 Å². The molecule has 1 atom stereocenters. The third-order valence-corrected chi connectivity index (χ3v) is 8.18. The maximum atomic E-state index is 12.0. The predicted octanol–water partition coefficient (Wildman–Crippen LogP) is 4.41. The number of nitrogens with two attached hydrogens (primary N) is 1. The molecule has 1 unspecified atom stereocenters. The fourth-order valence-corrected chi connectivity index (χ4v) is 5.99. The molecule has 4 heterocycles. The summed E-state index contributed by atoms with van der Waals surface area (Å²) in [5.74, 6) is 1.21. The summed E-state index contributed by atoms with van der Waals surface area (Å²) in [5.41, 5.74) is 11.7. The molecule has 0 aliphatic carbocycles. The lowest BCUT2D eigenvalue weighted by atomic mass is 10.0. The topological polar surface area (TPSA) is 128 Å². The molecular formula is C34H31N7O3. The van der Waals surface area contributed by atoms with Gasteiger partial charge in [-0.05, 0) is 61.3 Å². The van der Waals surface area contributed by atoms with Crippen LogP contribution in [0.4, 0.5) is 11.5 Å². The fourth-order valence-electron chi connectivity index (χ4n) is 5.99. The van der Waals surface area contributed by atoms with Crippen LogP contribution in [0.2, 0.25) is 0 Å². The number of aromatic nitrogens is 4. The molecule has 10 nitrogen and oxygen atoms in total. The number of anilines is 2. The molecule has 0 radical (unpaired) electrons. The van der Waals surface area contributed by atoms with E-state index in [1.165, 1.54) is 7.11 Å². The van der Waals surface area contributed by atoms with Gasteiger partial charge >= 0.3 is 0 Å². The van der Waals surface area contributed by atoms with Crippen molar-refractivity contribution in [2.75, 3.05) is 31.2 Å². The van der Waals surface area contributed by atoms with Crippen LogP contribution in [0.1, 0.15) is 18.4 Å². The second kappa shape index (κ2) is 11.4. The first-order chi connectivity index (χ1) is 21.5. The second-order valence-corrected chi connectivity index (χ2v) is 11.1. The molecule has 10 heteroatoms. The quantitative estimate of drug-likeness (QED) is 0.250. The minimum Gasteiger partial charge on any atom is -0.491 e. The summed E-state index contributed by atoms with van der Waals surface area (Å²) < 4.78 is 7.14. The maximum Gasteiger partial charge on any atom is 0.271 e. The zero-order valence-electron chi connectivity index (χ0n) is 24.2. The number of hydrogen-bond acceptors (Lipinski definition) is 9. The highest BCUT2D eigenvalue weighted by Crippen LogP contribution is 2.32. The molecule has 6 aromatic rings. The minimum absolute atomic E-state index is 0.0647. The van der Waals surface area contributed by atoms with E-state index < -0.39 is 10.9 Å². The largest absolute Gasteiger partial charge is 0.491 e. The summed E-state index contributed by atoms with van der Waals surface area (Å²) in [6.07, 6.45) is 3.58. The van der Waals surface area contributed by atoms with E-state index in [-0.39, 0.29) is 11.8 Å². The van der Waals surface area contributed by atoms with Crippen LogP contribution in [0.5, 0.6) is 5.75 Å². The fraction of sp³-hybridized carbons (Fsp3) is 0.206. The second-order valence-electron chi connectivity index (χ2n) is 11.1.